The van der Waals surface area contributed by atoms with Gasteiger partial charge in [-0.15, -0.1) is 11.6 Å². The van der Waals surface area contributed by atoms with Gasteiger partial charge in [0.15, 0.2) is 0 Å². The van der Waals surface area contributed by atoms with Crippen molar-refractivity contribution in [3.8, 4) is 5.88 Å². The van der Waals surface area contributed by atoms with Gasteiger partial charge in [0.2, 0.25) is 5.88 Å². The second kappa shape index (κ2) is 7.41. The van der Waals surface area contributed by atoms with Crippen LogP contribution in [0.15, 0.2) is 6.07 Å². The molecule has 0 saturated heterocycles. The molecule has 0 amide bonds. The molecule has 1 atom stereocenters. The van der Waals surface area contributed by atoms with E-state index in [0.717, 1.165) is 18.7 Å². The molecule has 1 aromatic rings. The van der Waals surface area contributed by atoms with E-state index in [9.17, 15) is 0 Å². The van der Waals surface area contributed by atoms with Crippen LogP contribution >= 0.6 is 11.6 Å². The van der Waals surface area contributed by atoms with Crippen LogP contribution in [0.1, 0.15) is 32.5 Å². The number of alkyl halides is 1. The third-order valence-electron chi connectivity index (χ3n) is 3.06. The van der Waals surface area contributed by atoms with Gasteiger partial charge in [-0.1, -0.05) is 26.7 Å². The molecular weight excluding hydrogens is 250 g/mol. The van der Waals surface area contributed by atoms with Crippen molar-refractivity contribution in [3.05, 3.63) is 11.9 Å². The number of halogens is 1. The van der Waals surface area contributed by atoms with Crippen molar-refractivity contribution in [1.29, 1.82) is 0 Å². The average Bonchev–Trinajstić information content (AvgIpc) is 2.37. The van der Waals surface area contributed by atoms with Crippen LogP contribution < -0.4 is 10.1 Å². The Morgan fingerprint density at radius 3 is 2.56 bits per heavy atom. The molecule has 0 radical (unpaired) electrons. The number of anilines is 1. The largest absolute Gasteiger partial charge is 0.481 e. The van der Waals surface area contributed by atoms with Crippen LogP contribution in [-0.2, 0) is 0 Å². The standard InChI is InChI=1S/C13H22ClN3O/c1-5-10(6-2)11(14)8-15-12-7-13(18-4)17-9(3)16-12/h7,10-11H,5-6,8H2,1-4H3,(H,15,16,17). The molecule has 1 N–H and O–H groups in total. The van der Waals surface area contributed by atoms with Crippen LogP contribution in [0.2, 0.25) is 0 Å². The highest BCUT2D eigenvalue weighted by Crippen LogP contribution is 2.19. The van der Waals surface area contributed by atoms with Crippen LogP contribution in [0, 0.1) is 12.8 Å². The molecule has 1 aromatic heterocycles. The minimum Gasteiger partial charge on any atom is -0.481 e. The Kier molecular flexibility index (Phi) is 6.19. The molecule has 1 unspecified atom stereocenters. The zero-order chi connectivity index (χ0) is 13.5. The van der Waals surface area contributed by atoms with Crippen molar-refractivity contribution in [3.63, 3.8) is 0 Å². The van der Waals surface area contributed by atoms with Crippen molar-refractivity contribution >= 4 is 17.4 Å². The summed E-state index contributed by atoms with van der Waals surface area (Å²) in [7, 11) is 1.60. The van der Waals surface area contributed by atoms with Crippen LogP contribution in [0.5, 0.6) is 5.88 Å². The Morgan fingerprint density at radius 1 is 1.33 bits per heavy atom. The van der Waals surface area contributed by atoms with E-state index in [4.69, 9.17) is 16.3 Å². The fourth-order valence-corrected chi connectivity index (χ4v) is 2.34. The van der Waals surface area contributed by atoms with Gasteiger partial charge >= 0.3 is 0 Å². The van der Waals surface area contributed by atoms with Gasteiger partial charge in [-0.2, -0.15) is 4.98 Å². The number of hydrogen-bond donors (Lipinski definition) is 1. The van der Waals surface area contributed by atoms with Crippen molar-refractivity contribution in [2.45, 2.75) is 39.0 Å². The summed E-state index contributed by atoms with van der Waals surface area (Å²) in [6.45, 7) is 6.88. The fraction of sp³-hybridized carbons (Fsp3) is 0.692. The average molecular weight is 272 g/mol. The lowest BCUT2D eigenvalue weighted by Crippen LogP contribution is -2.23. The molecule has 1 heterocycles. The number of hydrogen-bond acceptors (Lipinski definition) is 4. The third-order valence-corrected chi connectivity index (χ3v) is 3.57. The zero-order valence-electron chi connectivity index (χ0n) is 11.5. The van der Waals surface area contributed by atoms with Crippen LogP contribution in [0.25, 0.3) is 0 Å². The smallest absolute Gasteiger partial charge is 0.218 e. The Balaban J connectivity index is 2.60. The Hall–Kier alpha value is -1.03. The van der Waals surface area contributed by atoms with E-state index in [1.165, 1.54) is 0 Å². The molecular formula is C13H22ClN3O. The second-order valence-electron chi connectivity index (χ2n) is 4.32. The predicted molar refractivity (Wildman–Crippen MR) is 75.5 cm³/mol. The van der Waals surface area contributed by atoms with Crippen LogP contribution in [0.4, 0.5) is 5.82 Å². The molecule has 5 heteroatoms. The van der Waals surface area contributed by atoms with E-state index >= 15 is 0 Å². The molecule has 0 aromatic carbocycles. The third kappa shape index (κ3) is 4.33. The van der Waals surface area contributed by atoms with E-state index in [1.54, 1.807) is 13.2 Å². The molecule has 102 valence electrons. The lowest BCUT2D eigenvalue weighted by molar-refractivity contribution is 0.396. The number of ether oxygens (including phenoxy) is 1. The normalized spacial score (nSPS) is 12.6. The fourth-order valence-electron chi connectivity index (χ4n) is 1.90. The lowest BCUT2D eigenvalue weighted by Gasteiger charge is -2.19. The van der Waals surface area contributed by atoms with Crippen molar-refractivity contribution in [1.82, 2.24) is 9.97 Å². The first-order valence-corrected chi connectivity index (χ1v) is 6.81. The summed E-state index contributed by atoms with van der Waals surface area (Å²) in [5, 5.41) is 3.36. The van der Waals surface area contributed by atoms with Gasteiger partial charge in [0.1, 0.15) is 11.6 Å². The quantitative estimate of drug-likeness (QED) is 0.774. The highest BCUT2D eigenvalue weighted by Gasteiger charge is 2.15. The summed E-state index contributed by atoms with van der Waals surface area (Å²) in [5.41, 5.74) is 0. The minimum atomic E-state index is 0.112. The van der Waals surface area contributed by atoms with E-state index in [0.29, 0.717) is 24.2 Å². The molecule has 0 saturated carbocycles. The number of aryl methyl sites for hydroxylation is 1. The molecule has 0 spiro atoms. The molecule has 4 nitrogen and oxygen atoms in total. The SMILES string of the molecule is CCC(CC)C(Cl)CNc1cc(OC)nc(C)n1. The zero-order valence-corrected chi connectivity index (χ0v) is 12.3. The topological polar surface area (TPSA) is 47.0 Å². The summed E-state index contributed by atoms with van der Waals surface area (Å²) < 4.78 is 5.11. The predicted octanol–water partition coefficient (Wildman–Crippen LogP) is 3.25. The highest BCUT2D eigenvalue weighted by molar-refractivity contribution is 6.21. The number of aromatic nitrogens is 2. The van der Waals surface area contributed by atoms with Gasteiger partial charge in [0.25, 0.3) is 0 Å². The van der Waals surface area contributed by atoms with Crippen molar-refractivity contribution in [2.75, 3.05) is 19.0 Å². The van der Waals surface area contributed by atoms with E-state index in [1.807, 2.05) is 6.92 Å². The summed E-state index contributed by atoms with van der Waals surface area (Å²) in [6.07, 6.45) is 2.19. The molecule has 0 fully saturated rings. The summed E-state index contributed by atoms with van der Waals surface area (Å²) in [5.74, 6) is 2.55. The summed E-state index contributed by atoms with van der Waals surface area (Å²) >= 11 is 6.37. The Labute approximate surface area is 114 Å². The van der Waals surface area contributed by atoms with E-state index < -0.39 is 0 Å². The summed E-state index contributed by atoms with van der Waals surface area (Å²) in [4.78, 5) is 8.44. The second-order valence-corrected chi connectivity index (χ2v) is 4.88. The first-order valence-electron chi connectivity index (χ1n) is 6.38. The number of rotatable bonds is 7. The van der Waals surface area contributed by atoms with Crippen molar-refractivity contribution in [2.24, 2.45) is 5.92 Å². The molecule has 18 heavy (non-hydrogen) atoms. The first-order chi connectivity index (χ1) is 8.60. The molecule has 0 aliphatic carbocycles. The van der Waals surface area contributed by atoms with Gasteiger partial charge in [-0.05, 0) is 12.8 Å². The maximum absolute atomic E-state index is 6.37. The maximum atomic E-state index is 6.37. The van der Waals surface area contributed by atoms with E-state index in [2.05, 4.69) is 29.1 Å². The van der Waals surface area contributed by atoms with Gasteiger partial charge in [0.05, 0.1) is 12.5 Å². The number of nitrogens with zero attached hydrogens (tertiary/aromatic N) is 2. The molecule has 0 bridgehead atoms. The van der Waals surface area contributed by atoms with Gasteiger partial charge in [0, 0.05) is 12.6 Å². The summed E-state index contributed by atoms with van der Waals surface area (Å²) in [6, 6.07) is 1.78. The lowest BCUT2D eigenvalue weighted by atomic mass is 9.99. The number of nitrogens with one attached hydrogen (secondary N) is 1. The van der Waals surface area contributed by atoms with Crippen LogP contribution in [0.3, 0.4) is 0 Å². The highest BCUT2D eigenvalue weighted by atomic mass is 35.5. The van der Waals surface area contributed by atoms with E-state index in [-0.39, 0.29) is 5.38 Å². The first kappa shape index (κ1) is 15.0. The molecule has 1 rings (SSSR count). The van der Waals surface area contributed by atoms with Crippen LogP contribution in [-0.4, -0.2) is 29.0 Å². The van der Waals surface area contributed by atoms with Gasteiger partial charge < -0.3 is 10.1 Å². The number of methoxy groups -OCH3 is 1. The maximum Gasteiger partial charge on any atom is 0.218 e. The molecule has 0 aliphatic heterocycles. The van der Waals surface area contributed by atoms with Gasteiger partial charge in [-0.25, -0.2) is 4.98 Å². The Morgan fingerprint density at radius 2 is 2.00 bits per heavy atom. The minimum absolute atomic E-state index is 0.112. The molecule has 0 aliphatic rings. The van der Waals surface area contributed by atoms with Crippen molar-refractivity contribution < 1.29 is 4.74 Å². The van der Waals surface area contributed by atoms with Gasteiger partial charge in [-0.3, -0.25) is 0 Å². The monoisotopic (exact) mass is 271 g/mol. The Bertz CT molecular complexity index is 369.